The van der Waals surface area contributed by atoms with E-state index in [-0.39, 0.29) is 5.56 Å². The predicted octanol–water partition coefficient (Wildman–Crippen LogP) is 0.973. The number of para-hydroxylation sites is 1. The van der Waals surface area contributed by atoms with Gasteiger partial charge in [0, 0.05) is 0 Å². The van der Waals surface area contributed by atoms with Gasteiger partial charge in [-0.15, -0.1) is 0 Å². The molecule has 0 spiro atoms. The van der Waals surface area contributed by atoms with Gasteiger partial charge in [0.05, 0.1) is 10.9 Å². The van der Waals surface area contributed by atoms with Gasteiger partial charge in [0.25, 0.3) is 5.56 Å². The monoisotopic (exact) mass is 189 g/mol. The fourth-order valence-electron chi connectivity index (χ4n) is 1.45. The van der Waals surface area contributed by atoms with Crippen LogP contribution in [0, 0.1) is 0 Å². The molecule has 72 valence electrons. The van der Waals surface area contributed by atoms with Gasteiger partial charge in [-0.25, -0.2) is 0 Å². The Bertz CT molecular complexity index is 523. The fourth-order valence-corrected chi connectivity index (χ4v) is 1.45. The number of rotatable bonds is 2. The molecule has 1 aromatic heterocycles. The second kappa shape index (κ2) is 3.16. The van der Waals surface area contributed by atoms with E-state index in [4.69, 9.17) is 5.73 Å². The van der Waals surface area contributed by atoms with Crippen LogP contribution in [-0.2, 0) is 0 Å². The van der Waals surface area contributed by atoms with Crippen LogP contribution in [0.4, 0.5) is 0 Å². The molecule has 0 aliphatic heterocycles. The van der Waals surface area contributed by atoms with Crippen molar-refractivity contribution in [3.8, 4) is 0 Å². The summed E-state index contributed by atoms with van der Waals surface area (Å²) in [6, 6.07) is 7.29. The minimum atomic E-state index is -0.400. The van der Waals surface area contributed by atoms with Gasteiger partial charge in [-0.3, -0.25) is 14.6 Å². The van der Waals surface area contributed by atoms with Crippen LogP contribution in [0.1, 0.15) is 6.17 Å². The van der Waals surface area contributed by atoms with Crippen molar-refractivity contribution in [2.75, 3.05) is 0 Å². The van der Waals surface area contributed by atoms with E-state index < -0.39 is 6.17 Å². The summed E-state index contributed by atoms with van der Waals surface area (Å²) in [4.78, 5) is 11.5. The largest absolute Gasteiger partial charge is 0.306 e. The quantitative estimate of drug-likeness (QED) is 0.691. The van der Waals surface area contributed by atoms with E-state index in [1.807, 2.05) is 18.2 Å². The average molecular weight is 189 g/mol. The normalized spacial score (nSPS) is 12.9. The van der Waals surface area contributed by atoms with Crippen molar-refractivity contribution in [3.63, 3.8) is 0 Å². The van der Waals surface area contributed by atoms with Gasteiger partial charge in [0.1, 0.15) is 6.17 Å². The van der Waals surface area contributed by atoms with Crippen LogP contribution in [-0.4, -0.2) is 9.78 Å². The molecule has 0 aliphatic carbocycles. The minimum absolute atomic E-state index is 0.127. The summed E-state index contributed by atoms with van der Waals surface area (Å²) in [6.07, 6.45) is 1.17. The number of hydrogen-bond donors (Lipinski definition) is 2. The van der Waals surface area contributed by atoms with Gasteiger partial charge in [-0.2, -0.15) is 0 Å². The molecule has 1 unspecified atom stereocenters. The highest BCUT2D eigenvalue weighted by Gasteiger charge is 2.08. The molecular weight excluding hydrogens is 178 g/mol. The van der Waals surface area contributed by atoms with E-state index in [0.717, 1.165) is 5.52 Å². The van der Waals surface area contributed by atoms with Crippen molar-refractivity contribution in [1.29, 1.82) is 0 Å². The maximum absolute atomic E-state index is 11.5. The molecule has 1 atom stereocenters. The molecule has 4 heteroatoms. The maximum atomic E-state index is 11.5. The van der Waals surface area contributed by atoms with Crippen LogP contribution in [0.3, 0.4) is 0 Å². The fraction of sp³-hybridized carbons (Fsp3) is 0.100. The van der Waals surface area contributed by atoms with E-state index in [9.17, 15) is 4.79 Å². The molecule has 0 aliphatic rings. The van der Waals surface area contributed by atoms with Crippen molar-refractivity contribution in [3.05, 3.63) is 47.3 Å². The number of hydrogen-bond acceptors (Lipinski definition) is 2. The summed E-state index contributed by atoms with van der Waals surface area (Å²) in [6.45, 7) is 3.59. The third-order valence-corrected chi connectivity index (χ3v) is 2.17. The van der Waals surface area contributed by atoms with Crippen LogP contribution in [0.2, 0.25) is 0 Å². The zero-order valence-electron chi connectivity index (χ0n) is 7.60. The summed E-state index contributed by atoms with van der Waals surface area (Å²) >= 11 is 0. The Balaban J connectivity index is 2.79. The lowest BCUT2D eigenvalue weighted by molar-refractivity contribution is 0.573. The highest BCUT2D eigenvalue weighted by molar-refractivity contribution is 5.78. The Labute approximate surface area is 80.6 Å². The first kappa shape index (κ1) is 8.77. The third-order valence-electron chi connectivity index (χ3n) is 2.17. The Morgan fingerprint density at radius 1 is 1.50 bits per heavy atom. The third kappa shape index (κ3) is 1.16. The summed E-state index contributed by atoms with van der Waals surface area (Å²) in [7, 11) is 0. The van der Waals surface area contributed by atoms with Crippen molar-refractivity contribution >= 4 is 10.9 Å². The number of nitrogens with zero attached hydrogens (tertiary/aromatic N) is 1. The topological polar surface area (TPSA) is 63.8 Å². The second-order valence-electron chi connectivity index (χ2n) is 3.05. The van der Waals surface area contributed by atoms with Crippen LogP contribution in [0.15, 0.2) is 41.7 Å². The van der Waals surface area contributed by atoms with Gasteiger partial charge >= 0.3 is 0 Å². The van der Waals surface area contributed by atoms with Gasteiger partial charge < -0.3 is 5.73 Å². The van der Waals surface area contributed by atoms with E-state index in [0.29, 0.717) is 5.39 Å². The summed E-state index contributed by atoms with van der Waals surface area (Å²) < 4.78 is 1.60. The number of benzene rings is 1. The molecule has 2 rings (SSSR count). The molecule has 0 saturated heterocycles. The summed E-state index contributed by atoms with van der Waals surface area (Å²) in [5.41, 5.74) is 6.42. The highest BCUT2D eigenvalue weighted by atomic mass is 16.1. The number of aromatic amines is 1. The summed E-state index contributed by atoms with van der Waals surface area (Å²) in [5, 5.41) is 3.31. The van der Waals surface area contributed by atoms with Crippen LogP contribution in [0.25, 0.3) is 10.9 Å². The molecule has 0 radical (unpaired) electrons. The SMILES string of the molecule is C=CC(N)n1[nH]c(=O)c2ccccc21. The molecule has 0 amide bonds. The number of H-pyrrole nitrogens is 1. The first-order chi connectivity index (χ1) is 6.74. The predicted molar refractivity (Wildman–Crippen MR) is 56.0 cm³/mol. The zero-order valence-corrected chi connectivity index (χ0v) is 7.60. The van der Waals surface area contributed by atoms with Crippen LogP contribution in [0.5, 0.6) is 0 Å². The van der Waals surface area contributed by atoms with E-state index in [2.05, 4.69) is 11.7 Å². The molecule has 2 aromatic rings. The maximum Gasteiger partial charge on any atom is 0.272 e. The first-order valence-corrected chi connectivity index (χ1v) is 4.31. The molecule has 0 fully saturated rings. The lowest BCUT2D eigenvalue weighted by Crippen LogP contribution is -2.18. The van der Waals surface area contributed by atoms with Crippen molar-refractivity contribution in [1.82, 2.24) is 9.78 Å². The lowest BCUT2D eigenvalue weighted by atomic mass is 10.2. The van der Waals surface area contributed by atoms with Crippen molar-refractivity contribution in [2.24, 2.45) is 5.73 Å². The molecule has 14 heavy (non-hydrogen) atoms. The summed E-state index contributed by atoms with van der Waals surface area (Å²) in [5.74, 6) is 0. The van der Waals surface area contributed by atoms with E-state index in [1.165, 1.54) is 0 Å². The standard InChI is InChI=1S/C10H11N3O/c1-2-9(11)13-8-6-4-3-5-7(8)10(14)12-13/h2-6,9H,1,11H2,(H,12,14). The Morgan fingerprint density at radius 3 is 2.93 bits per heavy atom. The molecule has 1 aromatic carbocycles. The molecule has 4 nitrogen and oxygen atoms in total. The van der Waals surface area contributed by atoms with E-state index >= 15 is 0 Å². The lowest BCUT2D eigenvalue weighted by Gasteiger charge is -2.08. The zero-order chi connectivity index (χ0) is 10.1. The molecule has 1 heterocycles. The number of fused-ring (bicyclic) bond motifs is 1. The second-order valence-corrected chi connectivity index (χ2v) is 3.05. The molecule has 3 N–H and O–H groups in total. The highest BCUT2D eigenvalue weighted by Crippen LogP contribution is 2.11. The van der Waals surface area contributed by atoms with Crippen LogP contribution >= 0.6 is 0 Å². The smallest absolute Gasteiger partial charge is 0.272 e. The Kier molecular flexibility index (Phi) is 1.98. The van der Waals surface area contributed by atoms with Gasteiger partial charge in [0.15, 0.2) is 0 Å². The van der Waals surface area contributed by atoms with Crippen molar-refractivity contribution in [2.45, 2.75) is 6.17 Å². The van der Waals surface area contributed by atoms with Gasteiger partial charge in [0.2, 0.25) is 0 Å². The van der Waals surface area contributed by atoms with Gasteiger partial charge in [-0.05, 0) is 12.1 Å². The molecule has 0 saturated carbocycles. The number of nitrogens with one attached hydrogen (secondary N) is 1. The average Bonchev–Trinajstić information content (AvgIpc) is 2.56. The first-order valence-electron chi connectivity index (χ1n) is 4.31. The van der Waals surface area contributed by atoms with Crippen molar-refractivity contribution < 1.29 is 0 Å². The Hall–Kier alpha value is -1.81. The van der Waals surface area contributed by atoms with E-state index in [1.54, 1.807) is 16.8 Å². The van der Waals surface area contributed by atoms with Crippen LogP contribution < -0.4 is 11.3 Å². The van der Waals surface area contributed by atoms with Gasteiger partial charge in [-0.1, -0.05) is 24.8 Å². The molecule has 0 bridgehead atoms. The Morgan fingerprint density at radius 2 is 2.21 bits per heavy atom. The molecular formula is C10H11N3O. The minimum Gasteiger partial charge on any atom is -0.306 e. The number of aromatic nitrogens is 2. The number of nitrogens with two attached hydrogens (primary N) is 1.